The Bertz CT molecular complexity index is 1250. The van der Waals surface area contributed by atoms with Crippen molar-refractivity contribution in [3.05, 3.63) is 59.7 Å². The van der Waals surface area contributed by atoms with Crippen molar-refractivity contribution in [1.82, 2.24) is 14.3 Å². The van der Waals surface area contributed by atoms with E-state index in [9.17, 15) is 17.6 Å². The number of benzene rings is 2. The molecule has 2 aromatic carbocycles. The third-order valence-corrected chi connectivity index (χ3v) is 6.67. The van der Waals surface area contributed by atoms with Crippen molar-refractivity contribution >= 4 is 32.7 Å². The molecule has 3 aromatic rings. The number of carbonyl (C=O) groups is 1. The SMILES string of the molecule is Nc1nc(COC(=O)c2cc(S(=O)(=O)N3CCOCC3)ccc2F)nc2ccccc12. The summed E-state index contributed by atoms with van der Waals surface area (Å²) in [6.07, 6.45) is 0. The van der Waals surface area contributed by atoms with E-state index in [1.165, 1.54) is 4.31 Å². The molecule has 4 rings (SSSR count). The minimum absolute atomic E-state index is 0.141. The molecule has 0 spiro atoms. The number of hydrogen-bond acceptors (Lipinski definition) is 8. The van der Waals surface area contributed by atoms with Crippen molar-refractivity contribution in [3.8, 4) is 0 Å². The van der Waals surface area contributed by atoms with E-state index in [0.717, 1.165) is 18.2 Å². The van der Waals surface area contributed by atoms with Crippen LogP contribution in [0.15, 0.2) is 47.4 Å². The van der Waals surface area contributed by atoms with Crippen LogP contribution < -0.4 is 5.73 Å². The molecule has 1 saturated heterocycles. The molecule has 2 heterocycles. The highest BCUT2D eigenvalue weighted by atomic mass is 32.2. The molecule has 1 aliphatic rings. The molecule has 0 unspecified atom stereocenters. The van der Waals surface area contributed by atoms with Gasteiger partial charge in [0.05, 0.1) is 29.2 Å². The Labute approximate surface area is 177 Å². The minimum Gasteiger partial charge on any atom is -0.454 e. The summed E-state index contributed by atoms with van der Waals surface area (Å²) >= 11 is 0. The summed E-state index contributed by atoms with van der Waals surface area (Å²) in [4.78, 5) is 20.6. The molecular weight excluding hydrogens is 427 g/mol. The van der Waals surface area contributed by atoms with E-state index in [1.54, 1.807) is 24.3 Å². The number of fused-ring (bicyclic) bond motifs is 1. The smallest absolute Gasteiger partial charge is 0.341 e. The molecule has 9 nitrogen and oxygen atoms in total. The number of ether oxygens (including phenoxy) is 2. The largest absolute Gasteiger partial charge is 0.454 e. The predicted octanol–water partition coefficient (Wildman–Crippen LogP) is 1.73. The Morgan fingerprint density at radius 3 is 2.68 bits per heavy atom. The third-order valence-electron chi connectivity index (χ3n) is 4.78. The van der Waals surface area contributed by atoms with Crippen molar-refractivity contribution in [2.75, 3.05) is 32.0 Å². The summed E-state index contributed by atoms with van der Waals surface area (Å²) in [5, 5.41) is 0.657. The van der Waals surface area contributed by atoms with Crippen LogP contribution in [0.5, 0.6) is 0 Å². The molecule has 162 valence electrons. The van der Waals surface area contributed by atoms with Crippen molar-refractivity contribution in [2.45, 2.75) is 11.5 Å². The van der Waals surface area contributed by atoms with Crippen molar-refractivity contribution < 1.29 is 27.1 Å². The first kappa shape index (κ1) is 21.1. The molecule has 0 radical (unpaired) electrons. The van der Waals surface area contributed by atoms with Gasteiger partial charge in [-0.15, -0.1) is 0 Å². The lowest BCUT2D eigenvalue weighted by molar-refractivity contribution is 0.0457. The summed E-state index contributed by atoms with van der Waals surface area (Å²) in [6, 6.07) is 10.1. The number of nitrogens with two attached hydrogens (primary N) is 1. The number of nitrogen functional groups attached to an aromatic ring is 1. The van der Waals surface area contributed by atoms with Crippen LogP contribution in [0.2, 0.25) is 0 Å². The van der Waals surface area contributed by atoms with Crippen LogP contribution in [0.4, 0.5) is 10.2 Å². The fraction of sp³-hybridized carbons (Fsp3) is 0.250. The number of anilines is 1. The number of morpholine rings is 1. The van der Waals surface area contributed by atoms with Crippen molar-refractivity contribution in [2.24, 2.45) is 0 Å². The lowest BCUT2D eigenvalue weighted by atomic mass is 10.2. The minimum atomic E-state index is -3.89. The van der Waals surface area contributed by atoms with Gasteiger partial charge in [-0.05, 0) is 30.3 Å². The quantitative estimate of drug-likeness (QED) is 0.588. The lowest BCUT2D eigenvalue weighted by Crippen LogP contribution is -2.40. The van der Waals surface area contributed by atoms with E-state index < -0.39 is 27.4 Å². The highest BCUT2D eigenvalue weighted by molar-refractivity contribution is 7.89. The van der Waals surface area contributed by atoms with Gasteiger partial charge in [-0.2, -0.15) is 4.31 Å². The average Bonchev–Trinajstić information content (AvgIpc) is 2.78. The first-order valence-corrected chi connectivity index (χ1v) is 10.9. The van der Waals surface area contributed by atoms with Gasteiger partial charge in [-0.3, -0.25) is 0 Å². The second kappa shape index (κ2) is 8.53. The molecule has 0 aliphatic carbocycles. The van der Waals surface area contributed by atoms with Crippen molar-refractivity contribution in [3.63, 3.8) is 0 Å². The van der Waals surface area contributed by atoms with E-state index in [4.69, 9.17) is 15.2 Å². The molecule has 2 N–H and O–H groups in total. The monoisotopic (exact) mass is 446 g/mol. The first-order valence-electron chi connectivity index (χ1n) is 9.42. The number of esters is 1. The average molecular weight is 446 g/mol. The molecule has 31 heavy (non-hydrogen) atoms. The molecule has 1 aromatic heterocycles. The standard InChI is InChI=1S/C20H19FN4O5S/c21-16-6-5-13(31(27,28)25-7-9-29-10-8-25)11-15(16)20(26)30-12-18-23-17-4-2-1-3-14(17)19(22)24-18/h1-6,11H,7-10,12H2,(H2,22,23,24). The molecule has 0 amide bonds. The Kier molecular flexibility index (Phi) is 5.81. The van der Waals surface area contributed by atoms with E-state index in [2.05, 4.69) is 9.97 Å². The zero-order valence-electron chi connectivity index (χ0n) is 16.3. The molecule has 0 saturated carbocycles. The first-order chi connectivity index (χ1) is 14.9. The maximum Gasteiger partial charge on any atom is 0.341 e. The number of nitrogens with zero attached hydrogens (tertiary/aromatic N) is 3. The Morgan fingerprint density at radius 2 is 1.90 bits per heavy atom. The van der Waals surface area contributed by atoms with Crippen molar-refractivity contribution in [1.29, 1.82) is 0 Å². The van der Waals surface area contributed by atoms with Crippen LogP contribution in [0, 0.1) is 5.82 Å². The number of para-hydroxylation sites is 1. The summed E-state index contributed by atoms with van der Waals surface area (Å²) in [6.45, 7) is 0.544. The van der Waals surface area contributed by atoms with Gasteiger partial charge in [0.25, 0.3) is 0 Å². The topological polar surface area (TPSA) is 125 Å². The Hall–Kier alpha value is -3.15. The molecule has 0 bridgehead atoms. The van der Waals surface area contributed by atoms with Crippen LogP contribution in [0.3, 0.4) is 0 Å². The summed E-state index contributed by atoms with van der Waals surface area (Å²) < 4.78 is 51.3. The van der Waals surface area contributed by atoms with Gasteiger partial charge in [0.1, 0.15) is 11.6 Å². The normalized spacial score (nSPS) is 15.1. The molecule has 0 atom stereocenters. The highest BCUT2D eigenvalue weighted by Gasteiger charge is 2.28. The van der Waals surface area contributed by atoms with Gasteiger partial charge in [0.2, 0.25) is 10.0 Å². The van der Waals surface area contributed by atoms with Gasteiger partial charge in [-0.25, -0.2) is 27.6 Å². The van der Waals surface area contributed by atoms with Crippen LogP contribution in [0.1, 0.15) is 16.2 Å². The zero-order chi connectivity index (χ0) is 22.0. The lowest BCUT2D eigenvalue weighted by Gasteiger charge is -2.26. The number of sulfonamides is 1. The van der Waals surface area contributed by atoms with E-state index >= 15 is 0 Å². The number of carbonyl (C=O) groups excluding carboxylic acids is 1. The molecule has 1 aliphatic heterocycles. The maximum atomic E-state index is 14.3. The fourth-order valence-corrected chi connectivity index (χ4v) is 4.62. The molecule has 11 heteroatoms. The number of aromatic nitrogens is 2. The predicted molar refractivity (Wildman–Crippen MR) is 109 cm³/mol. The molecular formula is C20H19FN4O5S. The highest BCUT2D eigenvalue weighted by Crippen LogP contribution is 2.22. The van der Waals surface area contributed by atoms with E-state index in [0.29, 0.717) is 10.9 Å². The number of halogens is 1. The molecule has 1 fully saturated rings. The van der Waals surface area contributed by atoms with Crippen LogP contribution >= 0.6 is 0 Å². The summed E-state index contributed by atoms with van der Waals surface area (Å²) in [7, 11) is -3.89. The van der Waals surface area contributed by atoms with Gasteiger partial charge in [-0.1, -0.05) is 12.1 Å². The zero-order valence-corrected chi connectivity index (χ0v) is 17.1. The van der Waals surface area contributed by atoms with Crippen LogP contribution in [-0.2, 0) is 26.1 Å². The Balaban J connectivity index is 1.54. The van der Waals surface area contributed by atoms with Gasteiger partial charge >= 0.3 is 5.97 Å². The second-order valence-corrected chi connectivity index (χ2v) is 8.71. The number of hydrogen-bond donors (Lipinski definition) is 1. The Morgan fingerprint density at radius 1 is 1.16 bits per heavy atom. The van der Waals surface area contributed by atoms with Crippen LogP contribution in [-0.4, -0.2) is 55.0 Å². The van der Waals surface area contributed by atoms with Gasteiger partial charge in [0.15, 0.2) is 12.4 Å². The van der Waals surface area contributed by atoms with Gasteiger partial charge < -0.3 is 15.2 Å². The summed E-state index contributed by atoms with van der Waals surface area (Å²) in [5.41, 5.74) is 5.98. The summed E-state index contributed by atoms with van der Waals surface area (Å²) in [5.74, 6) is -1.57. The fourth-order valence-electron chi connectivity index (χ4n) is 3.18. The maximum absolute atomic E-state index is 14.3. The second-order valence-electron chi connectivity index (χ2n) is 6.78. The van der Waals surface area contributed by atoms with Crippen LogP contribution in [0.25, 0.3) is 10.9 Å². The van der Waals surface area contributed by atoms with E-state index in [1.807, 2.05) is 0 Å². The van der Waals surface area contributed by atoms with Gasteiger partial charge in [0, 0.05) is 18.5 Å². The van der Waals surface area contributed by atoms with E-state index in [-0.39, 0.29) is 49.4 Å². The number of rotatable bonds is 5. The third kappa shape index (κ3) is 4.33.